The Kier molecular flexibility index (Phi) is 3.15. The molecule has 1 aromatic heterocycles. The van der Waals surface area contributed by atoms with Crippen LogP contribution in [-0.2, 0) is 0 Å². The van der Waals surface area contributed by atoms with Gasteiger partial charge in [0.1, 0.15) is 5.75 Å². The van der Waals surface area contributed by atoms with Crippen molar-refractivity contribution >= 4 is 5.57 Å². The summed E-state index contributed by atoms with van der Waals surface area (Å²) in [5.41, 5.74) is 2.55. The first-order chi connectivity index (χ1) is 8.86. The molecule has 0 saturated carbocycles. The summed E-state index contributed by atoms with van der Waals surface area (Å²) in [4.78, 5) is 4.23. The van der Waals surface area contributed by atoms with E-state index < -0.39 is 0 Å². The van der Waals surface area contributed by atoms with E-state index in [1.165, 1.54) is 30.2 Å². The maximum Gasteiger partial charge on any atom is 0.145 e. The van der Waals surface area contributed by atoms with Gasteiger partial charge in [0.25, 0.3) is 0 Å². The zero-order valence-corrected chi connectivity index (χ0v) is 10.4. The Morgan fingerprint density at radius 1 is 1.39 bits per heavy atom. The minimum Gasteiger partial charge on any atom is -0.464 e. The molecule has 1 aliphatic carbocycles. The summed E-state index contributed by atoms with van der Waals surface area (Å²) >= 11 is 0. The van der Waals surface area contributed by atoms with Crippen LogP contribution in [0.3, 0.4) is 0 Å². The Labute approximate surface area is 108 Å². The van der Waals surface area contributed by atoms with Gasteiger partial charge in [0.2, 0.25) is 0 Å². The number of ether oxygens (including phenoxy) is 1. The monoisotopic (exact) mass is 242 g/mol. The van der Waals surface area contributed by atoms with Gasteiger partial charge in [-0.1, -0.05) is 12.7 Å². The van der Waals surface area contributed by atoms with Crippen LogP contribution >= 0.6 is 0 Å². The molecule has 3 nitrogen and oxygen atoms in total. The number of rotatable bonds is 3. The molecule has 0 radical (unpaired) electrons. The molecule has 3 rings (SSSR count). The Morgan fingerprint density at radius 2 is 2.33 bits per heavy atom. The molecule has 2 heterocycles. The maximum atomic E-state index is 5.28. The van der Waals surface area contributed by atoms with Gasteiger partial charge in [0.15, 0.2) is 0 Å². The summed E-state index contributed by atoms with van der Waals surface area (Å²) in [5.74, 6) is 1.58. The van der Waals surface area contributed by atoms with Crippen LogP contribution in [0.4, 0.5) is 0 Å². The summed E-state index contributed by atoms with van der Waals surface area (Å²) in [6.45, 7) is 4.72. The van der Waals surface area contributed by atoms with Gasteiger partial charge < -0.3 is 10.1 Å². The lowest BCUT2D eigenvalue weighted by molar-refractivity contribution is 0.465. The van der Waals surface area contributed by atoms with Crippen molar-refractivity contribution in [3.63, 3.8) is 0 Å². The lowest BCUT2D eigenvalue weighted by Crippen LogP contribution is -2.27. The van der Waals surface area contributed by atoms with Crippen molar-refractivity contribution in [2.45, 2.75) is 25.3 Å². The molecule has 18 heavy (non-hydrogen) atoms. The highest BCUT2D eigenvalue weighted by molar-refractivity contribution is 5.67. The van der Waals surface area contributed by atoms with E-state index in [-0.39, 0.29) is 0 Å². The molecular weight excluding hydrogens is 224 g/mol. The van der Waals surface area contributed by atoms with Gasteiger partial charge in [-0.3, -0.25) is 4.98 Å². The molecule has 1 aliphatic heterocycles. The summed E-state index contributed by atoms with van der Waals surface area (Å²) in [6, 6.07) is 2.59. The summed E-state index contributed by atoms with van der Waals surface area (Å²) in [6.07, 6.45) is 11.2. The molecule has 2 aliphatic rings. The van der Waals surface area contributed by atoms with Crippen LogP contribution in [0.2, 0.25) is 0 Å². The van der Waals surface area contributed by atoms with Crippen LogP contribution in [0, 0.1) is 5.92 Å². The van der Waals surface area contributed by atoms with Gasteiger partial charge in [0, 0.05) is 12.2 Å². The highest BCUT2D eigenvalue weighted by atomic mass is 16.5. The minimum absolute atomic E-state index is 0.553. The Bertz CT molecular complexity index is 481. The van der Waals surface area contributed by atoms with E-state index in [1.54, 1.807) is 6.20 Å². The van der Waals surface area contributed by atoms with Gasteiger partial charge in [-0.25, -0.2) is 0 Å². The molecule has 0 spiro atoms. The van der Waals surface area contributed by atoms with Gasteiger partial charge in [0.05, 0.1) is 12.5 Å². The predicted molar refractivity (Wildman–Crippen MR) is 72.2 cm³/mol. The fraction of sp³-hybridized carbons (Fsp3) is 0.400. The highest BCUT2D eigenvalue weighted by Crippen LogP contribution is 2.34. The van der Waals surface area contributed by atoms with Crippen molar-refractivity contribution in [2.24, 2.45) is 5.92 Å². The fourth-order valence-electron chi connectivity index (χ4n) is 2.94. The first-order valence-electron chi connectivity index (χ1n) is 6.54. The lowest BCUT2D eigenvalue weighted by atomic mass is 9.84. The minimum atomic E-state index is 0.553. The number of allylic oxidation sites excluding steroid dienone is 1. The van der Waals surface area contributed by atoms with Crippen LogP contribution in [-0.4, -0.2) is 17.6 Å². The molecule has 0 unspecified atom stereocenters. The first-order valence-corrected chi connectivity index (χ1v) is 6.54. The van der Waals surface area contributed by atoms with E-state index >= 15 is 0 Å². The first kappa shape index (κ1) is 11.5. The van der Waals surface area contributed by atoms with Crippen LogP contribution in [0.25, 0.3) is 5.57 Å². The third-order valence-electron chi connectivity index (χ3n) is 3.87. The van der Waals surface area contributed by atoms with Crippen molar-refractivity contribution < 1.29 is 4.74 Å². The zero-order valence-electron chi connectivity index (χ0n) is 10.4. The van der Waals surface area contributed by atoms with Gasteiger partial charge >= 0.3 is 0 Å². The van der Waals surface area contributed by atoms with Gasteiger partial charge in [-0.15, -0.1) is 0 Å². The second kappa shape index (κ2) is 4.94. The van der Waals surface area contributed by atoms with Crippen LogP contribution in [0.5, 0.6) is 5.75 Å². The number of nitrogens with one attached hydrogen (secondary N) is 1. The summed E-state index contributed by atoms with van der Waals surface area (Å²) in [5, 5.41) is 3.55. The predicted octanol–water partition coefficient (Wildman–Crippen LogP) is 2.76. The summed E-state index contributed by atoms with van der Waals surface area (Å²) in [7, 11) is 0. The number of pyridine rings is 1. The molecule has 1 N–H and O–H groups in total. The number of aromatic nitrogens is 1. The average Bonchev–Trinajstić information content (AvgIpc) is 2.86. The van der Waals surface area contributed by atoms with E-state index in [2.05, 4.69) is 23.0 Å². The molecule has 1 aromatic rings. The lowest BCUT2D eigenvalue weighted by Gasteiger charge is -2.24. The van der Waals surface area contributed by atoms with E-state index in [9.17, 15) is 0 Å². The topological polar surface area (TPSA) is 34.1 Å². The van der Waals surface area contributed by atoms with Gasteiger partial charge in [-0.05, 0) is 48.9 Å². The van der Waals surface area contributed by atoms with E-state index in [0.717, 1.165) is 24.6 Å². The van der Waals surface area contributed by atoms with Crippen molar-refractivity contribution in [1.29, 1.82) is 0 Å². The molecule has 1 fully saturated rings. The van der Waals surface area contributed by atoms with Crippen molar-refractivity contribution in [3.05, 3.63) is 42.9 Å². The SMILES string of the molecule is C=COc1cncc(C2=C[C@@H]3NCC[C@@H]3CC2)c1. The van der Waals surface area contributed by atoms with Crippen LogP contribution in [0.15, 0.2) is 37.4 Å². The zero-order chi connectivity index (χ0) is 12.4. The molecule has 2 atom stereocenters. The Balaban J connectivity index is 1.85. The molecule has 94 valence electrons. The normalized spacial score (nSPS) is 26.3. The number of nitrogens with zero attached hydrogens (tertiary/aromatic N) is 1. The average molecular weight is 242 g/mol. The Hall–Kier alpha value is -1.61. The second-order valence-electron chi connectivity index (χ2n) is 4.95. The molecule has 0 aromatic carbocycles. The van der Waals surface area contributed by atoms with Crippen LogP contribution < -0.4 is 10.1 Å². The third-order valence-corrected chi connectivity index (χ3v) is 3.87. The maximum absolute atomic E-state index is 5.28. The van der Waals surface area contributed by atoms with E-state index in [4.69, 9.17) is 4.74 Å². The quantitative estimate of drug-likeness (QED) is 0.828. The number of hydrogen-bond acceptors (Lipinski definition) is 3. The highest BCUT2D eigenvalue weighted by Gasteiger charge is 2.28. The largest absolute Gasteiger partial charge is 0.464 e. The van der Waals surface area contributed by atoms with E-state index in [0.29, 0.717) is 6.04 Å². The van der Waals surface area contributed by atoms with E-state index in [1.807, 2.05) is 12.3 Å². The van der Waals surface area contributed by atoms with Crippen molar-refractivity contribution in [3.8, 4) is 5.75 Å². The summed E-state index contributed by atoms with van der Waals surface area (Å²) < 4.78 is 5.28. The third kappa shape index (κ3) is 2.18. The van der Waals surface area contributed by atoms with Crippen LogP contribution in [0.1, 0.15) is 24.8 Å². The van der Waals surface area contributed by atoms with Gasteiger partial charge in [-0.2, -0.15) is 0 Å². The smallest absolute Gasteiger partial charge is 0.145 e. The standard InChI is InChI=1S/C15H18N2O/c1-2-18-14-7-13(9-16-10-14)12-4-3-11-5-6-17-15(11)8-12/h2,7-11,15,17H,1,3-6H2/t11-,15-/m0/s1. The molecule has 1 saturated heterocycles. The fourth-order valence-corrected chi connectivity index (χ4v) is 2.94. The van der Waals surface area contributed by atoms with Crippen molar-refractivity contribution in [2.75, 3.05) is 6.54 Å². The molecular formula is C15H18N2O. The van der Waals surface area contributed by atoms with Crippen molar-refractivity contribution in [1.82, 2.24) is 10.3 Å². The number of fused-ring (bicyclic) bond motifs is 1. The second-order valence-corrected chi connectivity index (χ2v) is 4.95. The molecule has 0 amide bonds. The molecule has 3 heteroatoms. The molecule has 0 bridgehead atoms. The number of hydrogen-bond donors (Lipinski definition) is 1. The Morgan fingerprint density at radius 3 is 3.22 bits per heavy atom.